The van der Waals surface area contributed by atoms with E-state index < -0.39 is 16.0 Å². The van der Waals surface area contributed by atoms with E-state index >= 15 is 0 Å². The zero-order valence-corrected chi connectivity index (χ0v) is 18.6. The number of carbonyl (C=O) groups is 1. The number of hydrogen-bond donors (Lipinski definition) is 2. The summed E-state index contributed by atoms with van der Waals surface area (Å²) >= 11 is 0. The van der Waals surface area contributed by atoms with E-state index in [0.717, 1.165) is 23.1 Å². The lowest BCUT2D eigenvalue weighted by molar-refractivity contribution is 0.102. The molecule has 2 aromatic heterocycles. The van der Waals surface area contributed by atoms with E-state index in [9.17, 15) is 13.2 Å². The van der Waals surface area contributed by atoms with E-state index in [1.165, 1.54) is 18.5 Å². The molecule has 2 heterocycles. The highest BCUT2D eigenvalue weighted by Gasteiger charge is 2.19. The molecule has 2 aromatic carbocycles. The van der Waals surface area contributed by atoms with Gasteiger partial charge in [-0.3, -0.25) is 14.0 Å². The quantitative estimate of drug-likeness (QED) is 0.376. The summed E-state index contributed by atoms with van der Waals surface area (Å²) in [5.74, 6) is 0.0161. The fourth-order valence-electron chi connectivity index (χ4n) is 3.41. The number of oxazole rings is 1. The fourth-order valence-corrected chi connectivity index (χ4v) is 3.89. The maximum atomic E-state index is 12.7. The molecule has 4 rings (SSSR count). The summed E-state index contributed by atoms with van der Waals surface area (Å²) in [5, 5.41) is 7.06. The normalized spacial score (nSPS) is 11.5. The monoisotopic (exact) mass is 466 g/mol. The third kappa shape index (κ3) is 5.54. The Balaban J connectivity index is 1.34. The minimum atomic E-state index is -4.19. The summed E-state index contributed by atoms with van der Waals surface area (Å²) in [6.07, 6.45) is 5.99. The average molecular weight is 467 g/mol. The second-order valence-electron chi connectivity index (χ2n) is 7.57. The zero-order valence-electron chi connectivity index (χ0n) is 17.8. The maximum absolute atomic E-state index is 12.7. The van der Waals surface area contributed by atoms with Crippen LogP contribution in [0.3, 0.4) is 0 Å². The molecular weight excluding hydrogens is 444 g/mol. The molecule has 33 heavy (non-hydrogen) atoms. The van der Waals surface area contributed by atoms with Crippen molar-refractivity contribution in [2.24, 2.45) is 0 Å². The van der Waals surface area contributed by atoms with Gasteiger partial charge in [0.15, 0.2) is 17.8 Å². The molecule has 1 amide bonds. The lowest BCUT2D eigenvalue weighted by atomic mass is 10.1. The van der Waals surface area contributed by atoms with Gasteiger partial charge >= 0.3 is 0 Å². The van der Waals surface area contributed by atoms with Crippen molar-refractivity contribution in [2.75, 3.05) is 5.32 Å². The summed E-state index contributed by atoms with van der Waals surface area (Å²) in [4.78, 5) is 16.7. The molecular formula is C23H22N4O5S. The average Bonchev–Trinajstić information content (AvgIpc) is 3.43. The first kappa shape index (κ1) is 22.4. The summed E-state index contributed by atoms with van der Waals surface area (Å²) in [6.45, 7) is 2.57. The molecule has 0 spiro atoms. The SMILES string of the molecule is Cc1cccc(-c2ocnc2C(=O)Nc2cnn(CCCc3ccc(S(=O)(=O)O)cc3)c2)c1. The van der Waals surface area contributed by atoms with Crippen LogP contribution in [0.25, 0.3) is 11.3 Å². The molecule has 4 aromatic rings. The van der Waals surface area contributed by atoms with Crippen LogP contribution in [0.4, 0.5) is 5.69 Å². The van der Waals surface area contributed by atoms with Gasteiger partial charge in [0.2, 0.25) is 0 Å². The van der Waals surface area contributed by atoms with Gasteiger partial charge in [-0.2, -0.15) is 13.5 Å². The molecule has 0 aliphatic rings. The molecule has 0 radical (unpaired) electrons. The highest BCUT2D eigenvalue weighted by molar-refractivity contribution is 7.85. The number of anilines is 1. The Labute approximate surface area is 190 Å². The molecule has 0 aliphatic carbocycles. The molecule has 0 atom stereocenters. The number of rotatable bonds is 8. The molecule has 0 saturated heterocycles. The van der Waals surface area contributed by atoms with Gasteiger partial charge in [-0.05, 0) is 43.5 Å². The van der Waals surface area contributed by atoms with Crippen LogP contribution in [-0.2, 0) is 23.1 Å². The first-order valence-corrected chi connectivity index (χ1v) is 11.6. The summed E-state index contributed by atoms with van der Waals surface area (Å²) < 4.78 is 38.4. The molecule has 170 valence electrons. The van der Waals surface area contributed by atoms with Crippen LogP contribution in [0.1, 0.15) is 28.0 Å². The Morgan fingerprint density at radius 1 is 1.18 bits per heavy atom. The number of aryl methyl sites for hydroxylation is 3. The van der Waals surface area contributed by atoms with Crippen LogP contribution >= 0.6 is 0 Å². The second-order valence-corrected chi connectivity index (χ2v) is 8.99. The molecule has 0 unspecified atom stereocenters. The number of nitrogens with zero attached hydrogens (tertiary/aromatic N) is 3. The lowest BCUT2D eigenvalue weighted by Crippen LogP contribution is -2.13. The van der Waals surface area contributed by atoms with Gasteiger partial charge < -0.3 is 9.73 Å². The minimum absolute atomic E-state index is 0.128. The largest absolute Gasteiger partial charge is 0.443 e. The van der Waals surface area contributed by atoms with Crippen LogP contribution < -0.4 is 5.32 Å². The van der Waals surface area contributed by atoms with Gasteiger partial charge in [0.1, 0.15) is 0 Å². The van der Waals surface area contributed by atoms with Gasteiger partial charge in [-0.25, -0.2) is 4.98 Å². The Morgan fingerprint density at radius 3 is 2.70 bits per heavy atom. The van der Waals surface area contributed by atoms with Crippen molar-refractivity contribution >= 4 is 21.7 Å². The first-order valence-electron chi connectivity index (χ1n) is 10.2. The van der Waals surface area contributed by atoms with Gasteiger partial charge in [0.25, 0.3) is 16.0 Å². The third-order valence-electron chi connectivity index (χ3n) is 5.03. The van der Waals surface area contributed by atoms with Crippen molar-refractivity contribution in [1.29, 1.82) is 0 Å². The highest BCUT2D eigenvalue weighted by atomic mass is 32.2. The van der Waals surface area contributed by atoms with Crippen LogP contribution in [0.2, 0.25) is 0 Å². The Bertz CT molecular complexity index is 1370. The molecule has 0 bridgehead atoms. The second kappa shape index (κ2) is 9.39. The van der Waals surface area contributed by atoms with Gasteiger partial charge in [-0.1, -0.05) is 35.9 Å². The molecule has 0 fully saturated rings. The Morgan fingerprint density at radius 2 is 1.97 bits per heavy atom. The van der Waals surface area contributed by atoms with Crippen molar-refractivity contribution in [2.45, 2.75) is 31.2 Å². The summed E-state index contributed by atoms with van der Waals surface area (Å²) in [6, 6.07) is 13.7. The standard InChI is InChI=1S/C23H22N4O5S/c1-16-4-2-6-18(12-16)22-21(24-15-32-22)23(28)26-19-13-25-27(14-19)11-3-5-17-7-9-20(10-8-17)33(29,30)31/h2,4,6-10,12-15H,3,5,11H2,1H3,(H,26,28)(H,29,30,31). The predicted molar refractivity (Wildman–Crippen MR) is 121 cm³/mol. The summed E-state index contributed by atoms with van der Waals surface area (Å²) in [5.41, 5.74) is 3.50. The van der Waals surface area contributed by atoms with Gasteiger partial charge in [0.05, 0.1) is 16.8 Å². The van der Waals surface area contributed by atoms with E-state index in [0.29, 0.717) is 24.4 Å². The summed E-state index contributed by atoms with van der Waals surface area (Å²) in [7, 11) is -4.19. The third-order valence-corrected chi connectivity index (χ3v) is 5.90. The Hall–Kier alpha value is -3.76. The van der Waals surface area contributed by atoms with Gasteiger partial charge in [-0.15, -0.1) is 0 Å². The van der Waals surface area contributed by atoms with E-state index in [4.69, 9.17) is 8.97 Å². The molecule has 2 N–H and O–H groups in total. The lowest BCUT2D eigenvalue weighted by Gasteiger charge is -2.04. The van der Waals surface area contributed by atoms with Crippen molar-refractivity contribution in [3.05, 3.63) is 84.1 Å². The van der Waals surface area contributed by atoms with Crippen molar-refractivity contribution in [1.82, 2.24) is 14.8 Å². The van der Waals surface area contributed by atoms with E-state index in [2.05, 4.69) is 15.4 Å². The fraction of sp³-hybridized carbons (Fsp3) is 0.174. The Kier molecular flexibility index (Phi) is 6.38. The predicted octanol–water partition coefficient (Wildman–Crippen LogP) is 3.98. The molecule has 0 aliphatic heterocycles. The number of amides is 1. The molecule has 0 saturated carbocycles. The maximum Gasteiger partial charge on any atom is 0.294 e. The molecule has 10 heteroatoms. The smallest absolute Gasteiger partial charge is 0.294 e. The highest BCUT2D eigenvalue weighted by Crippen LogP contribution is 2.24. The van der Waals surface area contributed by atoms with Crippen molar-refractivity contribution in [3.63, 3.8) is 0 Å². The molecule has 9 nitrogen and oxygen atoms in total. The minimum Gasteiger partial charge on any atom is -0.443 e. The topological polar surface area (TPSA) is 127 Å². The van der Waals surface area contributed by atoms with Crippen molar-refractivity contribution < 1.29 is 22.2 Å². The number of aromatic nitrogens is 3. The zero-order chi connectivity index (χ0) is 23.4. The van der Waals surface area contributed by atoms with Crippen LogP contribution in [-0.4, -0.2) is 33.6 Å². The van der Waals surface area contributed by atoms with Crippen LogP contribution in [0, 0.1) is 6.92 Å². The van der Waals surface area contributed by atoms with E-state index in [1.54, 1.807) is 29.2 Å². The van der Waals surface area contributed by atoms with E-state index in [-0.39, 0.29) is 10.6 Å². The number of carbonyl (C=O) groups excluding carboxylic acids is 1. The first-order chi connectivity index (χ1) is 15.8. The van der Waals surface area contributed by atoms with Crippen LogP contribution in [0.15, 0.2) is 76.6 Å². The van der Waals surface area contributed by atoms with Gasteiger partial charge in [0, 0.05) is 18.3 Å². The van der Waals surface area contributed by atoms with E-state index in [1.807, 2.05) is 31.2 Å². The van der Waals surface area contributed by atoms with Crippen molar-refractivity contribution in [3.8, 4) is 11.3 Å². The number of benzene rings is 2. The number of hydrogen-bond acceptors (Lipinski definition) is 6. The number of nitrogens with one attached hydrogen (secondary N) is 1. The van der Waals surface area contributed by atoms with Crippen LogP contribution in [0.5, 0.6) is 0 Å².